The Morgan fingerprint density at radius 2 is 1.82 bits per heavy atom. The Labute approximate surface area is 66.9 Å². The Bertz CT molecular complexity index is 137. The summed E-state index contributed by atoms with van der Waals surface area (Å²) in [5, 5.41) is 11.0. The average Bonchev–Trinajstić information content (AvgIpc) is 2.26. The lowest BCUT2D eigenvalue weighted by Crippen LogP contribution is -2.42. The van der Waals surface area contributed by atoms with Gasteiger partial charge in [0.05, 0.1) is 6.10 Å². The van der Waals surface area contributed by atoms with Gasteiger partial charge in [-0.2, -0.15) is 5.06 Å². The van der Waals surface area contributed by atoms with E-state index >= 15 is 0 Å². The first-order chi connectivity index (χ1) is 5.31. The molecule has 3 heteroatoms. The number of methoxy groups -OCH3 is 1. The normalized spacial score (nSPS) is 44.7. The molecule has 11 heavy (non-hydrogen) atoms. The van der Waals surface area contributed by atoms with E-state index in [4.69, 9.17) is 4.74 Å². The summed E-state index contributed by atoms with van der Waals surface area (Å²) in [6.45, 7) is 0. The summed E-state index contributed by atoms with van der Waals surface area (Å²) in [7, 11) is 1.76. The van der Waals surface area contributed by atoms with Gasteiger partial charge in [0.25, 0.3) is 0 Å². The third kappa shape index (κ3) is 1.17. The van der Waals surface area contributed by atoms with Crippen molar-refractivity contribution in [3.05, 3.63) is 0 Å². The molecule has 2 rings (SSSR count). The molecule has 2 aliphatic rings. The standard InChI is InChI=1S/C8H15NO2/c1-11-8-4-6-2-3-7(5-8)9(6)10/h6-8,10H,2-5H2,1H3. The van der Waals surface area contributed by atoms with Crippen molar-refractivity contribution in [1.82, 2.24) is 5.06 Å². The zero-order valence-corrected chi connectivity index (χ0v) is 6.86. The fourth-order valence-corrected chi connectivity index (χ4v) is 2.29. The van der Waals surface area contributed by atoms with Crippen LogP contribution in [0.4, 0.5) is 0 Å². The number of hydrogen-bond donors (Lipinski definition) is 1. The number of ether oxygens (including phenoxy) is 1. The van der Waals surface area contributed by atoms with Crippen LogP contribution in [0.15, 0.2) is 0 Å². The second-order valence-electron chi connectivity index (χ2n) is 3.59. The molecule has 64 valence electrons. The number of rotatable bonds is 1. The van der Waals surface area contributed by atoms with E-state index < -0.39 is 0 Å². The monoisotopic (exact) mass is 157 g/mol. The number of fused-ring (bicyclic) bond motifs is 2. The van der Waals surface area contributed by atoms with Gasteiger partial charge >= 0.3 is 0 Å². The summed E-state index contributed by atoms with van der Waals surface area (Å²) in [6.07, 6.45) is 4.67. The van der Waals surface area contributed by atoms with Gasteiger partial charge in [0.1, 0.15) is 0 Å². The van der Waals surface area contributed by atoms with Gasteiger partial charge in [-0.05, 0) is 25.7 Å². The first-order valence-corrected chi connectivity index (χ1v) is 4.31. The molecule has 2 atom stereocenters. The maximum atomic E-state index is 9.50. The Balaban J connectivity index is 2.02. The van der Waals surface area contributed by atoms with Crippen molar-refractivity contribution in [3.63, 3.8) is 0 Å². The molecule has 0 aromatic rings. The zero-order chi connectivity index (χ0) is 7.84. The van der Waals surface area contributed by atoms with Crippen LogP contribution in [0, 0.1) is 0 Å². The number of hydroxylamine groups is 2. The SMILES string of the molecule is COC1CC2CCC(C1)N2O. The van der Waals surface area contributed by atoms with Crippen molar-refractivity contribution < 1.29 is 9.94 Å². The van der Waals surface area contributed by atoms with Crippen LogP contribution < -0.4 is 0 Å². The molecule has 0 radical (unpaired) electrons. The lowest BCUT2D eigenvalue weighted by molar-refractivity contribution is -0.170. The van der Waals surface area contributed by atoms with E-state index in [1.807, 2.05) is 0 Å². The van der Waals surface area contributed by atoms with Gasteiger partial charge in [-0.3, -0.25) is 0 Å². The average molecular weight is 157 g/mol. The molecule has 2 unspecified atom stereocenters. The van der Waals surface area contributed by atoms with Gasteiger partial charge in [-0.25, -0.2) is 0 Å². The molecule has 0 aromatic heterocycles. The Morgan fingerprint density at radius 3 is 2.27 bits per heavy atom. The third-order valence-corrected chi connectivity index (χ3v) is 2.98. The Hall–Kier alpha value is -0.120. The van der Waals surface area contributed by atoms with Crippen LogP contribution in [0.5, 0.6) is 0 Å². The Kier molecular flexibility index (Phi) is 1.87. The molecule has 0 aromatic carbocycles. The van der Waals surface area contributed by atoms with Crippen molar-refractivity contribution in [1.29, 1.82) is 0 Å². The first kappa shape index (κ1) is 7.53. The van der Waals surface area contributed by atoms with Gasteiger partial charge < -0.3 is 9.94 Å². The maximum absolute atomic E-state index is 9.50. The van der Waals surface area contributed by atoms with Crippen LogP contribution in [0.1, 0.15) is 25.7 Å². The first-order valence-electron chi connectivity index (χ1n) is 4.31. The van der Waals surface area contributed by atoms with Crippen LogP contribution in [-0.2, 0) is 4.74 Å². The predicted octanol–water partition coefficient (Wildman–Crippen LogP) is 1.02. The molecule has 0 saturated carbocycles. The van der Waals surface area contributed by atoms with Crippen LogP contribution >= 0.6 is 0 Å². The summed E-state index contributed by atoms with van der Waals surface area (Å²) in [6, 6.07) is 0.748. The molecule has 2 heterocycles. The van der Waals surface area contributed by atoms with E-state index in [0.717, 1.165) is 25.7 Å². The molecule has 2 aliphatic heterocycles. The quantitative estimate of drug-likeness (QED) is 0.616. The predicted molar refractivity (Wildman–Crippen MR) is 40.5 cm³/mol. The highest BCUT2D eigenvalue weighted by Crippen LogP contribution is 2.34. The summed E-state index contributed by atoms with van der Waals surface area (Å²) in [4.78, 5) is 0. The topological polar surface area (TPSA) is 32.7 Å². The van der Waals surface area contributed by atoms with Gasteiger partial charge in [-0.1, -0.05) is 0 Å². The molecule has 2 fully saturated rings. The molecule has 1 N–H and O–H groups in total. The van der Waals surface area contributed by atoms with E-state index in [0.29, 0.717) is 18.2 Å². The fourth-order valence-electron chi connectivity index (χ4n) is 2.29. The summed E-state index contributed by atoms with van der Waals surface area (Å²) in [5.41, 5.74) is 0. The molecule has 0 spiro atoms. The van der Waals surface area contributed by atoms with Crippen molar-refractivity contribution in [2.45, 2.75) is 43.9 Å². The van der Waals surface area contributed by atoms with Crippen molar-refractivity contribution in [2.75, 3.05) is 7.11 Å². The van der Waals surface area contributed by atoms with Crippen molar-refractivity contribution in [3.8, 4) is 0 Å². The number of piperidine rings is 1. The second-order valence-corrected chi connectivity index (χ2v) is 3.59. The molecule has 0 aliphatic carbocycles. The minimum absolute atomic E-state index is 0.374. The van der Waals surface area contributed by atoms with Crippen LogP contribution in [0.2, 0.25) is 0 Å². The number of hydrogen-bond acceptors (Lipinski definition) is 3. The highest BCUT2D eigenvalue weighted by Gasteiger charge is 2.40. The van der Waals surface area contributed by atoms with E-state index in [2.05, 4.69) is 0 Å². The molecule has 2 saturated heterocycles. The fraction of sp³-hybridized carbons (Fsp3) is 1.00. The van der Waals surface area contributed by atoms with Crippen LogP contribution in [0.25, 0.3) is 0 Å². The lowest BCUT2D eigenvalue weighted by Gasteiger charge is -2.33. The van der Waals surface area contributed by atoms with Gasteiger partial charge in [0.2, 0.25) is 0 Å². The zero-order valence-electron chi connectivity index (χ0n) is 6.86. The Morgan fingerprint density at radius 1 is 1.27 bits per heavy atom. The van der Waals surface area contributed by atoms with Crippen LogP contribution in [-0.4, -0.2) is 35.6 Å². The van der Waals surface area contributed by atoms with Gasteiger partial charge in [0, 0.05) is 19.2 Å². The van der Waals surface area contributed by atoms with Crippen molar-refractivity contribution in [2.24, 2.45) is 0 Å². The third-order valence-electron chi connectivity index (χ3n) is 2.98. The largest absolute Gasteiger partial charge is 0.381 e. The second kappa shape index (κ2) is 2.73. The molecule has 3 nitrogen and oxygen atoms in total. The van der Waals surface area contributed by atoms with Crippen molar-refractivity contribution >= 4 is 0 Å². The minimum atomic E-state index is 0.374. The lowest BCUT2D eigenvalue weighted by atomic mass is 10.0. The molecular formula is C8H15NO2. The van der Waals surface area contributed by atoms with E-state index in [1.54, 1.807) is 7.11 Å². The molecular weight excluding hydrogens is 142 g/mol. The summed E-state index contributed by atoms with van der Waals surface area (Å²) >= 11 is 0. The minimum Gasteiger partial charge on any atom is -0.381 e. The summed E-state index contributed by atoms with van der Waals surface area (Å²) in [5.74, 6) is 0. The van der Waals surface area contributed by atoms with Gasteiger partial charge in [-0.15, -0.1) is 0 Å². The van der Waals surface area contributed by atoms with Crippen LogP contribution in [0.3, 0.4) is 0 Å². The summed E-state index contributed by atoms with van der Waals surface area (Å²) < 4.78 is 5.28. The highest BCUT2D eigenvalue weighted by atomic mass is 16.5. The van der Waals surface area contributed by atoms with E-state index in [-0.39, 0.29) is 0 Å². The highest BCUT2D eigenvalue weighted by molar-refractivity contribution is 4.91. The molecule has 2 bridgehead atoms. The molecule has 0 amide bonds. The maximum Gasteiger partial charge on any atom is 0.0603 e. The van der Waals surface area contributed by atoms with Gasteiger partial charge in [0.15, 0.2) is 0 Å². The van der Waals surface area contributed by atoms with E-state index in [9.17, 15) is 5.21 Å². The van der Waals surface area contributed by atoms with E-state index in [1.165, 1.54) is 5.06 Å². The number of nitrogens with zero attached hydrogens (tertiary/aromatic N) is 1. The smallest absolute Gasteiger partial charge is 0.0603 e.